The minimum Gasteiger partial charge on any atom is -0.458 e. The first-order valence-electron chi connectivity index (χ1n) is 12.2. The van der Waals surface area contributed by atoms with Crippen molar-refractivity contribution in [2.75, 3.05) is 6.61 Å². The maximum Gasteiger partial charge on any atom is 0.334 e. The highest BCUT2D eigenvalue weighted by Crippen LogP contribution is 2.77. The second-order valence-electron chi connectivity index (χ2n) is 11.3. The lowest BCUT2D eigenvalue weighted by Gasteiger charge is -2.53. The quantitative estimate of drug-likeness (QED) is 0.311. The zero-order chi connectivity index (χ0) is 26.3. The normalized spacial score (nSPS) is 43.7. The Balaban J connectivity index is 1.96. The topological polar surface area (TPSA) is 130 Å². The van der Waals surface area contributed by atoms with Crippen LogP contribution in [-0.2, 0) is 23.9 Å². The van der Waals surface area contributed by atoms with E-state index in [0.717, 1.165) is 0 Å². The maximum absolute atomic E-state index is 13.1. The molecule has 8 nitrogen and oxygen atoms in total. The van der Waals surface area contributed by atoms with E-state index in [0.29, 0.717) is 16.7 Å². The van der Waals surface area contributed by atoms with Crippen molar-refractivity contribution in [3.8, 4) is 0 Å². The van der Waals surface area contributed by atoms with Gasteiger partial charge in [-0.25, -0.2) is 4.79 Å². The van der Waals surface area contributed by atoms with E-state index >= 15 is 0 Å². The summed E-state index contributed by atoms with van der Waals surface area (Å²) in [6.07, 6.45) is 3.83. The average Bonchev–Trinajstić information content (AvgIpc) is 3.21. The highest BCUT2D eigenvalue weighted by atomic mass is 16.6. The van der Waals surface area contributed by atoms with Crippen LogP contribution in [0.3, 0.4) is 0 Å². The third-order valence-electron chi connectivity index (χ3n) is 9.27. The first-order chi connectivity index (χ1) is 16.1. The summed E-state index contributed by atoms with van der Waals surface area (Å²) >= 11 is 0. The van der Waals surface area contributed by atoms with E-state index in [4.69, 9.17) is 9.47 Å². The van der Waals surface area contributed by atoms with Crippen molar-refractivity contribution in [3.63, 3.8) is 0 Å². The van der Waals surface area contributed by atoms with Crippen molar-refractivity contribution in [3.05, 3.63) is 34.9 Å². The summed E-state index contributed by atoms with van der Waals surface area (Å²) in [4.78, 5) is 38.4. The van der Waals surface area contributed by atoms with E-state index in [1.165, 1.54) is 6.92 Å². The van der Waals surface area contributed by atoms with Gasteiger partial charge >= 0.3 is 11.9 Å². The van der Waals surface area contributed by atoms with Crippen molar-refractivity contribution in [1.29, 1.82) is 0 Å². The molecule has 8 heteroatoms. The van der Waals surface area contributed by atoms with Gasteiger partial charge in [-0.1, -0.05) is 39.0 Å². The number of hydrogen-bond acceptors (Lipinski definition) is 8. The molecule has 0 heterocycles. The Morgan fingerprint density at radius 1 is 1.20 bits per heavy atom. The molecule has 0 spiro atoms. The standard InChI is InChI=1S/C27H36O8/c1-8-13(2)23(31)35-27-20(24(27,6)7)18-10-17(12-28)11-25(32)19(9-14(3)21(25)30)26(18,33)15(4)22(27)34-16(5)29/h8-10,15,18-20,22,28,32-33H,11-12H2,1-7H3/b13-8+/t15-,18+,19-,20-,22-,25-,26-,27-/m1/s1. The fourth-order valence-corrected chi connectivity index (χ4v) is 7.35. The van der Waals surface area contributed by atoms with Crippen molar-refractivity contribution < 1.29 is 39.2 Å². The van der Waals surface area contributed by atoms with Crippen LogP contribution < -0.4 is 0 Å². The Bertz CT molecular complexity index is 1080. The number of fused-ring (bicyclic) bond motifs is 5. The second-order valence-corrected chi connectivity index (χ2v) is 11.3. The molecule has 0 saturated heterocycles. The lowest BCUT2D eigenvalue weighted by Crippen LogP contribution is -2.66. The third-order valence-corrected chi connectivity index (χ3v) is 9.27. The number of esters is 2. The number of aliphatic hydroxyl groups is 3. The number of rotatable bonds is 4. The van der Waals surface area contributed by atoms with Gasteiger partial charge in [0.2, 0.25) is 0 Å². The summed E-state index contributed by atoms with van der Waals surface area (Å²) < 4.78 is 12.0. The van der Waals surface area contributed by atoms with Gasteiger partial charge in [0.05, 0.1) is 12.2 Å². The van der Waals surface area contributed by atoms with Crippen LogP contribution in [0.4, 0.5) is 0 Å². The SMILES string of the molecule is C/C=C(\C)C(=O)O[C@@]12[C@H](OC(C)=O)[C@@H](C)[C@@]3(O)[C@@H](C=C(CO)C[C@]4(O)C(=O)C(C)=C[C@@H]34)[C@@H]1C2(C)C. The van der Waals surface area contributed by atoms with Gasteiger partial charge in [0.25, 0.3) is 0 Å². The second kappa shape index (κ2) is 7.85. The number of carbonyl (C=O) groups is 3. The monoisotopic (exact) mass is 488 g/mol. The third kappa shape index (κ3) is 3.12. The predicted molar refractivity (Wildman–Crippen MR) is 126 cm³/mol. The molecule has 0 aromatic rings. The van der Waals surface area contributed by atoms with Crippen LogP contribution in [0.5, 0.6) is 0 Å². The van der Waals surface area contributed by atoms with Gasteiger partial charge in [-0.2, -0.15) is 0 Å². The van der Waals surface area contributed by atoms with Gasteiger partial charge in [-0.05, 0) is 31.9 Å². The van der Waals surface area contributed by atoms with Crippen molar-refractivity contribution in [2.45, 2.75) is 77.8 Å². The summed E-state index contributed by atoms with van der Waals surface area (Å²) in [6, 6.07) is 0. The summed E-state index contributed by atoms with van der Waals surface area (Å²) in [6.45, 7) is 11.3. The average molecular weight is 489 g/mol. The number of hydrogen-bond donors (Lipinski definition) is 3. The minimum absolute atomic E-state index is 0.123. The first kappa shape index (κ1) is 25.8. The molecule has 192 valence electrons. The molecule has 2 saturated carbocycles. The van der Waals surface area contributed by atoms with E-state index in [1.54, 1.807) is 45.9 Å². The Labute approximate surface area is 205 Å². The van der Waals surface area contributed by atoms with E-state index < -0.39 is 76.3 Å². The molecule has 4 aliphatic carbocycles. The summed E-state index contributed by atoms with van der Waals surface area (Å²) in [5.74, 6) is -4.63. The number of carbonyl (C=O) groups excluding carboxylic acids is 3. The van der Waals surface area contributed by atoms with Gasteiger partial charge in [0, 0.05) is 48.0 Å². The van der Waals surface area contributed by atoms with Gasteiger partial charge < -0.3 is 24.8 Å². The Morgan fingerprint density at radius 2 is 1.83 bits per heavy atom. The number of ether oxygens (including phenoxy) is 2. The van der Waals surface area contributed by atoms with Gasteiger partial charge in [-0.15, -0.1) is 0 Å². The fourth-order valence-electron chi connectivity index (χ4n) is 7.35. The number of allylic oxidation sites excluding steroid dienone is 1. The predicted octanol–water partition coefficient (Wildman–Crippen LogP) is 2.02. The van der Waals surface area contributed by atoms with Crippen molar-refractivity contribution >= 4 is 17.7 Å². The lowest BCUT2D eigenvalue weighted by atomic mass is 9.59. The number of ketones is 1. The van der Waals surface area contributed by atoms with Crippen LogP contribution in [-0.4, -0.2) is 62.6 Å². The Morgan fingerprint density at radius 3 is 2.37 bits per heavy atom. The molecule has 0 amide bonds. The van der Waals surface area contributed by atoms with Crippen LogP contribution in [0.1, 0.15) is 54.9 Å². The molecule has 0 radical (unpaired) electrons. The summed E-state index contributed by atoms with van der Waals surface area (Å²) in [5.41, 5.74) is -4.45. The zero-order valence-electron chi connectivity index (χ0n) is 21.4. The molecule has 0 bridgehead atoms. The number of Topliss-reactive ketones (excluding diaryl/α,β-unsaturated/α-hetero) is 1. The molecule has 0 aliphatic heterocycles. The molecule has 8 atom stereocenters. The van der Waals surface area contributed by atoms with Crippen LogP contribution in [0.2, 0.25) is 0 Å². The molecule has 4 aliphatic rings. The molecule has 2 fully saturated rings. The highest BCUT2D eigenvalue weighted by Gasteiger charge is 2.87. The van der Waals surface area contributed by atoms with E-state index in [-0.39, 0.29) is 6.42 Å². The smallest absolute Gasteiger partial charge is 0.334 e. The molecule has 0 aromatic heterocycles. The van der Waals surface area contributed by atoms with Crippen molar-refractivity contribution in [1.82, 2.24) is 0 Å². The van der Waals surface area contributed by atoms with Gasteiger partial charge in [-0.3, -0.25) is 9.59 Å². The molecule has 0 unspecified atom stereocenters. The molecule has 3 N–H and O–H groups in total. The van der Waals surface area contributed by atoms with Crippen LogP contribution >= 0.6 is 0 Å². The maximum atomic E-state index is 13.1. The van der Waals surface area contributed by atoms with E-state index in [2.05, 4.69) is 0 Å². The largest absolute Gasteiger partial charge is 0.458 e. The Kier molecular flexibility index (Phi) is 5.79. The van der Waals surface area contributed by atoms with Crippen LogP contribution in [0.15, 0.2) is 34.9 Å². The van der Waals surface area contributed by atoms with Crippen LogP contribution in [0, 0.1) is 29.1 Å². The Hall–Kier alpha value is -2.29. The summed E-state index contributed by atoms with van der Waals surface area (Å²) in [5, 5.41) is 34.3. The highest BCUT2D eigenvalue weighted by molar-refractivity contribution is 6.04. The molecule has 35 heavy (non-hydrogen) atoms. The zero-order valence-corrected chi connectivity index (χ0v) is 21.4. The van der Waals surface area contributed by atoms with Crippen molar-refractivity contribution in [2.24, 2.45) is 29.1 Å². The number of aliphatic hydroxyl groups excluding tert-OH is 1. The van der Waals surface area contributed by atoms with E-state index in [9.17, 15) is 29.7 Å². The van der Waals surface area contributed by atoms with Crippen LogP contribution in [0.25, 0.3) is 0 Å². The summed E-state index contributed by atoms with van der Waals surface area (Å²) in [7, 11) is 0. The fraction of sp³-hybridized carbons (Fsp3) is 0.667. The molecule has 4 rings (SSSR count). The lowest BCUT2D eigenvalue weighted by molar-refractivity contribution is -0.227. The minimum atomic E-state index is -1.94. The van der Waals surface area contributed by atoms with Gasteiger partial charge in [0.1, 0.15) is 11.7 Å². The first-order valence-corrected chi connectivity index (χ1v) is 12.2. The van der Waals surface area contributed by atoms with E-state index in [1.807, 2.05) is 13.8 Å². The molecular weight excluding hydrogens is 452 g/mol. The molecular formula is C27H36O8. The van der Waals surface area contributed by atoms with Gasteiger partial charge in [0.15, 0.2) is 11.4 Å². The molecule has 0 aromatic carbocycles.